The van der Waals surface area contributed by atoms with Crippen molar-refractivity contribution in [1.82, 2.24) is 9.29 Å². The van der Waals surface area contributed by atoms with Crippen LogP contribution in [0.15, 0.2) is 70.5 Å². The molecule has 0 bridgehead atoms. The molecule has 6 heteroatoms. The molecule has 1 aromatic heterocycles. The van der Waals surface area contributed by atoms with E-state index < -0.39 is 16.1 Å². The molecule has 33 heavy (non-hydrogen) atoms. The van der Waals surface area contributed by atoms with Crippen LogP contribution in [-0.4, -0.2) is 30.5 Å². The van der Waals surface area contributed by atoms with Gasteiger partial charge < -0.3 is 4.98 Å². The fourth-order valence-corrected chi connectivity index (χ4v) is 7.70. The molecule has 0 radical (unpaired) electrons. The lowest BCUT2D eigenvalue weighted by molar-refractivity contribution is 0.340. The lowest BCUT2D eigenvalue weighted by atomic mass is 9.94. The highest BCUT2D eigenvalue weighted by molar-refractivity contribution is 7.98. The summed E-state index contributed by atoms with van der Waals surface area (Å²) in [7, 11) is -3.73. The molecule has 2 heterocycles. The molecule has 1 N–H and O–H groups in total. The lowest BCUT2D eigenvalue weighted by Crippen LogP contribution is -2.41. The minimum Gasteiger partial charge on any atom is -0.357 e. The van der Waals surface area contributed by atoms with Gasteiger partial charge >= 0.3 is 0 Å². The van der Waals surface area contributed by atoms with Crippen molar-refractivity contribution in [3.05, 3.63) is 94.2 Å². The van der Waals surface area contributed by atoms with E-state index in [4.69, 9.17) is 0 Å². The first kappa shape index (κ1) is 22.3. The van der Waals surface area contributed by atoms with E-state index in [9.17, 15) is 8.42 Å². The van der Waals surface area contributed by atoms with Crippen molar-refractivity contribution in [2.45, 2.75) is 43.0 Å². The summed E-state index contributed by atoms with van der Waals surface area (Å²) in [5, 5.41) is 1.18. The highest BCUT2D eigenvalue weighted by atomic mass is 32.2. The smallest absolute Gasteiger partial charge is 0.244 e. The number of aromatic amines is 1. The molecule has 0 unspecified atom stereocenters. The van der Waals surface area contributed by atoms with Gasteiger partial charge in [-0.3, -0.25) is 0 Å². The van der Waals surface area contributed by atoms with Gasteiger partial charge in [0.05, 0.1) is 10.9 Å². The minimum absolute atomic E-state index is 0.401. The molecule has 0 saturated carbocycles. The van der Waals surface area contributed by atoms with Crippen LogP contribution in [0, 0.1) is 20.8 Å². The summed E-state index contributed by atoms with van der Waals surface area (Å²) in [6, 6.07) is 20.0. The van der Waals surface area contributed by atoms with Crippen LogP contribution in [0.25, 0.3) is 10.9 Å². The van der Waals surface area contributed by atoms with Crippen molar-refractivity contribution in [2.75, 3.05) is 12.8 Å². The quantitative estimate of drug-likeness (QED) is 0.359. The van der Waals surface area contributed by atoms with Gasteiger partial charge in [-0.25, -0.2) is 8.42 Å². The van der Waals surface area contributed by atoms with Gasteiger partial charge in [0, 0.05) is 28.0 Å². The van der Waals surface area contributed by atoms with E-state index in [2.05, 4.69) is 41.4 Å². The van der Waals surface area contributed by atoms with Crippen LogP contribution < -0.4 is 0 Å². The van der Waals surface area contributed by atoms with Crippen molar-refractivity contribution in [1.29, 1.82) is 0 Å². The molecule has 3 aromatic carbocycles. The number of nitrogens with zero attached hydrogens (tertiary/aromatic N) is 1. The van der Waals surface area contributed by atoms with Crippen molar-refractivity contribution < 1.29 is 8.42 Å². The Morgan fingerprint density at radius 3 is 2.30 bits per heavy atom. The zero-order valence-electron chi connectivity index (χ0n) is 19.3. The molecule has 4 nitrogen and oxygen atoms in total. The Labute approximate surface area is 200 Å². The topological polar surface area (TPSA) is 53.2 Å². The average molecular weight is 477 g/mol. The van der Waals surface area contributed by atoms with E-state index in [0.29, 0.717) is 17.9 Å². The summed E-state index contributed by atoms with van der Waals surface area (Å²) >= 11 is 1.68. The Kier molecular flexibility index (Phi) is 5.63. The number of rotatable bonds is 4. The molecule has 0 aliphatic carbocycles. The van der Waals surface area contributed by atoms with E-state index >= 15 is 0 Å². The summed E-state index contributed by atoms with van der Waals surface area (Å²) < 4.78 is 30.1. The van der Waals surface area contributed by atoms with Gasteiger partial charge in [-0.2, -0.15) is 4.31 Å². The fourth-order valence-electron chi connectivity index (χ4n) is 5.29. The molecule has 0 spiro atoms. The van der Waals surface area contributed by atoms with Crippen LogP contribution in [0.1, 0.15) is 39.6 Å². The number of benzene rings is 3. The molecular formula is C27H28N2O2S2. The van der Waals surface area contributed by atoms with Crippen molar-refractivity contribution in [3.8, 4) is 0 Å². The number of fused-ring (bicyclic) bond motifs is 3. The SMILES string of the molecule is CSc1ccc([C@@H]2c3[nH]c4ccccc4c3CCN2S(=O)(=O)c2c(C)cc(C)cc2C)cc1. The van der Waals surface area contributed by atoms with Gasteiger partial charge in [0.25, 0.3) is 0 Å². The minimum atomic E-state index is -3.73. The molecule has 0 saturated heterocycles. The van der Waals surface area contributed by atoms with E-state index in [1.54, 1.807) is 16.1 Å². The molecule has 4 aromatic rings. The molecular weight excluding hydrogens is 448 g/mol. The maximum Gasteiger partial charge on any atom is 0.244 e. The molecule has 170 valence electrons. The number of aryl methyl sites for hydroxylation is 3. The molecule has 1 aliphatic heterocycles. The first-order valence-corrected chi connectivity index (χ1v) is 13.8. The molecule has 5 rings (SSSR count). The van der Waals surface area contributed by atoms with Gasteiger partial charge in [0.15, 0.2) is 0 Å². The Bertz CT molecular complexity index is 1430. The lowest BCUT2D eigenvalue weighted by Gasteiger charge is -2.36. The number of aromatic nitrogens is 1. The molecule has 1 aliphatic rings. The van der Waals surface area contributed by atoms with Crippen LogP contribution in [0.3, 0.4) is 0 Å². The van der Waals surface area contributed by atoms with Crippen LogP contribution in [0.4, 0.5) is 0 Å². The standard InChI is InChI=1S/C27H28N2O2S2/c1-17-15-18(2)27(19(3)16-17)33(30,31)29-14-13-23-22-7-5-6-8-24(22)28-25(23)26(29)20-9-11-21(32-4)12-10-20/h5-12,15-16,26,28H,13-14H2,1-4H3/t26-/m1/s1. The van der Waals surface area contributed by atoms with E-state index in [0.717, 1.165) is 38.4 Å². The summed E-state index contributed by atoms with van der Waals surface area (Å²) in [5.74, 6) is 0. The number of para-hydroxylation sites is 1. The molecule has 1 atom stereocenters. The van der Waals surface area contributed by atoms with Gasteiger partial charge in [0.2, 0.25) is 10.0 Å². The third-order valence-electron chi connectivity index (χ3n) is 6.59. The number of H-pyrrole nitrogens is 1. The van der Waals surface area contributed by atoms with E-state index in [-0.39, 0.29) is 0 Å². The normalized spacial score (nSPS) is 16.8. The predicted octanol–water partition coefficient (Wildman–Crippen LogP) is 6.15. The second-order valence-electron chi connectivity index (χ2n) is 8.83. The van der Waals surface area contributed by atoms with Crippen LogP contribution in [0.2, 0.25) is 0 Å². The van der Waals surface area contributed by atoms with Crippen LogP contribution in [-0.2, 0) is 16.4 Å². The Morgan fingerprint density at radius 2 is 1.64 bits per heavy atom. The Morgan fingerprint density at radius 1 is 0.970 bits per heavy atom. The average Bonchev–Trinajstić information content (AvgIpc) is 3.16. The maximum absolute atomic E-state index is 14.2. The summed E-state index contributed by atoms with van der Waals surface area (Å²) in [4.78, 5) is 5.16. The van der Waals surface area contributed by atoms with Crippen molar-refractivity contribution in [3.63, 3.8) is 0 Å². The first-order chi connectivity index (χ1) is 15.8. The summed E-state index contributed by atoms with van der Waals surface area (Å²) in [6.07, 6.45) is 2.73. The molecule has 0 fully saturated rings. The maximum atomic E-state index is 14.2. The zero-order chi connectivity index (χ0) is 23.3. The second-order valence-corrected chi connectivity index (χ2v) is 11.5. The number of nitrogens with one attached hydrogen (secondary N) is 1. The first-order valence-electron chi connectivity index (χ1n) is 11.1. The van der Waals surface area contributed by atoms with Crippen LogP contribution in [0.5, 0.6) is 0 Å². The zero-order valence-corrected chi connectivity index (χ0v) is 21.0. The fraction of sp³-hybridized carbons (Fsp3) is 0.259. The van der Waals surface area contributed by atoms with Crippen LogP contribution >= 0.6 is 11.8 Å². The highest BCUT2D eigenvalue weighted by Crippen LogP contribution is 2.42. The Hall–Kier alpha value is -2.54. The number of sulfonamides is 1. The third kappa shape index (κ3) is 3.70. The number of hydrogen-bond acceptors (Lipinski definition) is 3. The summed E-state index contributed by atoms with van der Waals surface area (Å²) in [6.45, 7) is 6.24. The second kappa shape index (κ2) is 8.35. The van der Waals surface area contributed by atoms with E-state index in [1.807, 2.05) is 51.3 Å². The highest BCUT2D eigenvalue weighted by Gasteiger charge is 2.40. The van der Waals surface area contributed by atoms with Crippen molar-refractivity contribution >= 4 is 32.7 Å². The van der Waals surface area contributed by atoms with Gasteiger partial charge in [-0.05, 0) is 73.9 Å². The Balaban J connectivity index is 1.72. The van der Waals surface area contributed by atoms with Gasteiger partial charge in [-0.15, -0.1) is 11.8 Å². The monoisotopic (exact) mass is 476 g/mol. The predicted molar refractivity (Wildman–Crippen MR) is 137 cm³/mol. The van der Waals surface area contributed by atoms with Gasteiger partial charge in [0.1, 0.15) is 0 Å². The summed E-state index contributed by atoms with van der Waals surface area (Å²) in [5.41, 5.74) is 6.89. The number of thioether (sulfide) groups is 1. The van der Waals surface area contributed by atoms with Crippen molar-refractivity contribution in [2.24, 2.45) is 0 Å². The van der Waals surface area contributed by atoms with Gasteiger partial charge in [-0.1, -0.05) is 48.0 Å². The van der Waals surface area contributed by atoms with E-state index in [1.165, 1.54) is 10.9 Å². The molecule has 0 amide bonds. The number of hydrogen-bond donors (Lipinski definition) is 1. The largest absolute Gasteiger partial charge is 0.357 e. The third-order valence-corrected chi connectivity index (χ3v) is 9.51.